The lowest BCUT2D eigenvalue weighted by atomic mass is 10.0. The van der Waals surface area contributed by atoms with Crippen molar-refractivity contribution in [3.63, 3.8) is 0 Å². The van der Waals surface area contributed by atoms with Crippen molar-refractivity contribution in [2.75, 3.05) is 13.2 Å². The summed E-state index contributed by atoms with van der Waals surface area (Å²) in [7, 11) is 0. The first-order valence-corrected chi connectivity index (χ1v) is 8.24. The van der Waals surface area contributed by atoms with E-state index in [0.29, 0.717) is 13.2 Å². The Kier molecular flexibility index (Phi) is 5.95. The molecule has 0 aliphatic rings. The molecule has 0 aliphatic heterocycles. The Labute approximate surface area is 139 Å². The summed E-state index contributed by atoms with van der Waals surface area (Å²) in [5.74, 6) is 1.54. The van der Waals surface area contributed by atoms with Crippen molar-refractivity contribution in [1.82, 2.24) is 0 Å². The Morgan fingerprint density at radius 1 is 0.952 bits per heavy atom. The second-order valence-corrected chi connectivity index (χ2v) is 5.84. The molecule has 1 atom stereocenters. The van der Waals surface area contributed by atoms with Gasteiger partial charge in [-0.1, -0.05) is 45.7 Å². The molecule has 1 unspecified atom stereocenters. The van der Waals surface area contributed by atoms with E-state index < -0.39 is 0 Å². The molecule has 2 rings (SSSR count). The molecular formula is C17H18BrClO2. The Morgan fingerprint density at radius 2 is 1.62 bits per heavy atom. The average molecular weight is 370 g/mol. The van der Waals surface area contributed by atoms with E-state index in [2.05, 4.69) is 15.9 Å². The quantitative estimate of drug-likeness (QED) is 0.615. The van der Waals surface area contributed by atoms with Crippen LogP contribution in [-0.2, 0) is 0 Å². The lowest BCUT2D eigenvalue weighted by Crippen LogP contribution is -2.00. The van der Waals surface area contributed by atoms with Crippen molar-refractivity contribution in [3.8, 4) is 11.5 Å². The standard InChI is InChI=1S/C17H18BrClO2/c1-3-20-15-9-8-13(11-16(15)21-4-2)17(18)12-6-5-7-14(19)10-12/h5-11,17H,3-4H2,1-2H3. The van der Waals surface area contributed by atoms with Gasteiger partial charge in [-0.15, -0.1) is 0 Å². The van der Waals surface area contributed by atoms with E-state index in [9.17, 15) is 0 Å². The summed E-state index contributed by atoms with van der Waals surface area (Å²) in [6.45, 7) is 5.15. The monoisotopic (exact) mass is 368 g/mol. The Balaban J connectivity index is 2.32. The van der Waals surface area contributed by atoms with Gasteiger partial charge in [0.1, 0.15) is 0 Å². The van der Waals surface area contributed by atoms with Gasteiger partial charge < -0.3 is 9.47 Å². The van der Waals surface area contributed by atoms with E-state index >= 15 is 0 Å². The van der Waals surface area contributed by atoms with Crippen LogP contribution in [0.5, 0.6) is 11.5 Å². The van der Waals surface area contributed by atoms with Crippen LogP contribution < -0.4 is 9.47 Å². The van der Waals surface area contributed by atoms with Crippen LogP contribution in [0.4, 0.5) is 0 Å². The number of rotatable bonds is 6. The highest BCUT2D eigenvalue weighted by Crippen LogP contribution is 2.37. The molecule has 0 aromatic heterocycles. The fourth-order valence-corrected chi connectivity index (χ4v) is 2.85. The van der Waals surface area contributed by atoms with Gasteiger partial charge in [-0.05, 0) is 49.2 Å². The van der Waals surface area contributed by atoms with Crippen molar-refractivity contribution in [2.24, 2.45) is 0 Å². The first kappa shape index (κ1) is 16.2. The molecule has 112 valence electrons. The summed E-state index contributed by atoms with van der Waals surface area (Å²) in [5, 5.41) is 0.730. The molecule has 0 N–H and O–H groups in total. The normalized spacial score (nSPS) is 12.0. The number of benzene rings is 2. The number of halogens is 2. The SMILES string of the molecule is CCOc1ccc(C(Br)c2cccc(Cl)c2)cc1OCC. The van der Waals surface area contributed by atoms with Crippen LogP contribution in [-0.4, -0.2) is 13.2 Å². The summed E-state index contributed by atoms with van der Waals surface area (Å²) in [4.78, 5) is 0.0612. The predicted molar refractivity (Wildman–Crippen MR) is 91.0 cm³/mol. The number of ether oxygens (including phenoxy) is 2. The van der Waals surface area contributed by atoms with Gasteiger partial charge in [-0.3, -0.25) is 0 Å². The smallest absolute Gasteiger partial charge is 0.161 e. The Morgan fingerprint density at radius 3 is 2.29 bits per heavy atom. The molecule has 2 nitrogen and oxygen atoms in total. The molecule has 0 spiro atoms. The minimum atomic E-state index is 0.0612. The van der Waals surface area contributed by atoms with Crippen LogP contribution in [0.25, 0.3) is 0 Å². The number of alkyl halides is 1. The molecule has 0 saturated heterocycles. The van der Waals surface area contributed by atoms with E-state index in [1.807, 2.05) is 56.3 Å². The summed E-state index contributed by atoms with van der Waals surface area (Å²) in [6.07, 6.45) is 0. The zero-order valence-electron chi connectivity index (χ0n) is 12.1. The summed E-state index contributed by atoms with van der Waals surface area (Å²) in [5.41, 5.74) is 2.21. The molecule has 2 aromatic carbocycles. The van der Waals surface area contributed by atoms with Crippen molar-refractivity contribution in [1.29, 1.82) is 0 Å². The fraction of sp³-hybridized carbons (Fsp3) is 0.294. The van der Waals surface area contributed by atoms with Crippen molar-refractivity contribution in [3.05, 3.63) is 58.6 Å². The summed E-state index contributed by atoms with van der Waals surface area (Å²) >= 11 is 9.78. The van der Waals surface area contributed by atoms with Crippen LogP contribution >= 0.6 is 27.5 Å². The van der Waals surface area contributed by atoms with Crippen LogP contribution in [0.1, 0.15) is 29.8 Å². The third-order valence-corrected chi connectivity index (χ3v) is 4.29. The van der Waals surface area contributed by atoms with Crippen LogP contribution in [0.2, 0.25) is 5.02 Å². The first-order chi connectivity index (χ1) is 10.2. The molecular weight excluding hydrogens is 352 g/mol. The van der Waals surface area contributed by atoms with Gasteiger partial charge in [0, 0.05) is 5.02 Å². The van der Waals surface area contributed by atoms with Crippen molar-refractivity contribution >= 4 is 27.5 Å². The molecule has 21 heavy (non-hydrogen) atoms. The van der Waals surface area contributed by atoms with Gasteiger partial charge in [-0.2, -0.15) is 0 Å². The van der Waals surface area contributed by atoms with Gasteiger partial charge in [0.2, 0.25) is 0 Å². The maximum Gasteiger partial charge on any atom is 0.161 e. The van der Waals surface area contributed by atoms with E-state index in [1.165, 1.54) is 0 Å². The third-order valence-electron chi connectivity index (χ3n) is 3.00. The molecule has 0 heterocycles. The van der Waals surface area contributed by atoms with Gasteiger partial charge in [0.05, 0.1) is 18.0 Å². The fourth-order valence-electron chi connectivity index (χ4n) is 2.08. The first-order valence-electron chi connectivity index (χ1n) is 6.94. The molecule has 0 saturated carbocycles. The van der Waals surface area contributed by atoms with E-state index in [1.54, 1.807) is 0 Å². The maximum atomic E-state index is 6.06. The molecule has 0 amide bonds. The lowest BCUT2D eigenvalue weighted by molar-refractivity contribution is 0.287. The highest BCUT2D eigenvalue weighted by molar-refractivity contribution is 9.09. The molecule has 0 aliphatic carbocycles. The molecule has 0 radical (unpaired) electrons. The predicted octanol–water partition coefficient (Wildman–Crippen LogP) is 5.62. The maximum absolute atomic E-state index is 6.06. The second-order valence-electron chi connectivity index (χ2n) is 4.49. The third kappa shape index (κ3) is 4.14. The number of hydrogen-bond donors (Lipinski definition) is 0. The molecule has 4 heteroatoms. The van der Waals surface area contributed by atoms with Gasteiger partial charge in [0.15, 0.2) is 11.5 Å². The molecule has 2 aromatic rings. The van der Waals surface area contributed by atoms with Crippen LogP contribution in [0.15, 0.2) is 42.5 Å². The minimum Gasteiger partial charge on any atom is -0.490 e. The molecule has 0 fully saturated rings. The molecule has 0 bridgehead atoms. The van der Waals surface area contributed by atoms with E-state index in [0.717, 1.165) is 27.6 Å². The highest BCUT2D eigenvalue weighted by Gasteiger charge is 2.14. The van der Waals surface area contributed by atoms with Crippen LogP contribution in [0.3, 0.4) is 0 Å². The zero-order valence-corrected chi connectivity index (χ0v) is 14.4. The Bertz CT molecular complexity index is 601. The van der Waals surface area contributed by atoms with Gasteiger partial charge in [-0.25, -0.2) is 0 Å². The minimum absolute atomic E-state index is 0.0612. The van der Waals surface area contributed by atoms with Gasteiger partial charge >= 0.3 is 0 Å². The number of hydrogen-bond acceptors (Lipinski definition) is 2. The topological polar surface area (TPSA) is 18.5 Å². The summed E-state index contributed by atoms with van der Waals surface area (Å²) in [6, 6.07) is 13.8. The van der Waals surface area contributed by atoms with E-state index in [4.69, 9.17) is 21.1 Å². The van der Waals surface area contributed by atoms with E-state index in [-0.39, 0.29) is 4.83 Å². The van der Waals surface area contributed by atoms with Gasteiger partial charge in [0.25, 0.3) is 0 Å². The largest absolute Gasteiger partial charge is 0.490 e. The van der Waals surface area contributed by atoms with Crippen LogP contribution in [0, 0.1) is 0 Å². The summed E-state index contributed by atoms with van der Waals surface area (Å²) < 4.78 is 11.3. The lowest BCUT2D eigenvalue weighted by Gasteiger charge is -2.16. The van der Waals surface area contributed by atoms with Crippen molar-refractivity contribution < 1.29 is 9.47 Å². The highest BCUT2D eigenvalue weighted by atomic mass is 79.9. The second kappa shape index (κ2) is 7.71. The average Bonchev–Trinajstić information content (AvgIpc) is 2.49. The van der Waals surface area contributed by atoms with Crippen molar-refractivity contribution in [2.45, 2.75) is 18.7 Å². The zero-order chi connectivity index (χ0) is 15.2. The Hall–Kier alpha value is -1.19.